The zero-order valence-electron chi connectivity index (χ0n) is 32.9. The topological polar surface area (TPSA) is 19.6 Å². The molecule has 0 N–H and O–H groups in total. The summed E-state index contributed by atoms with van der Waals surface area (Å²) in [4.78, 5) is 4.59. The van der Waals surface area contributed by atoms with Crippen LogP contribution in [0.4, 0.5) is 34.1 Å². The average Bonchev–Trinajstić information content (AvgIpc) is 3.85. The Morgan fingerprint density at radius 2 is 0.717 bits per heavy atom. The predicted molar refractivity (Wildman–Crippen MR) is 253 cm³/mol. The first kappa shape index (κ1) is 35.4. The molecule has 1 aromatic heterocycles. The van der Waals surface area contributed by atoms with Crippen molar-refractivity contribution in [1.29, 1.82) is 0 Å². The van der Waals surface area contributed by atoms with Crippen molar-refractivity contribution < 1.29 is 4.42 Å². The van der Waals surface area contributed by atoms with Crippen molar-refractivity contribution in [3.05, 3.63) is 237 Å². The van der Waals surface area contributed by atoms with E-state index in [1.165, 1.54) is 16.4 Å². The highest BCUT2D eigenvalue weighted by Crippen LogP contribution is 2.39. The van der Waals surface area contributed by atoms with E-state index in [1.54, 1.807) is 0 Å². The fourth-order valence-corrected chi connectivity index (χ4v) is 8.92. The molecule has 2 heterocycles. The maximum absolute atomic E-state index is 6.95. The minimum Gasteiger partial charge on any atom is -0.457 e. The van der Waals surface area contributed by atoms with Crippen LogP contribution in [0.1, 0.15) is 0 Å². The van der Waals surface area contributed by atoms with Gasteiger partial charge in [-0.15, -0.1) is 0 Å². The molecule has 0 fully saturated rings. The molecule has 0 bridgehead atoms. The SMILES string of the molecule is c1ccc(B2c3ccc(-c4ccc(N(c5ccccc5)c5ccccc5)cc4)cc3-c3oc4cc(-c5ccc(N(c6ccccc6)c6ccccc6)cc5)ccc4c32)cc1. The molecular formula is C56H39BN2O. The summed E-state index contributed by atoms with van der Waals surface area (Å²) in [6.07, 6.45) is 0. The van der Waals surface area contributed by atoms with E-state index in [0.717, 1.165) is 78.7 Å². The lowest BCUT2D eigenvalue weighted by Gasteiger charge is -2.25. The summed E-state index contributed by atoms with van der Waals surface area (Å²) in [5.41, 5.74) is 17.1. The molecule has 11 rings (SSSR count). The molecule has 0 radical (unpaired) electrons. The molecule has 4 heteroatoms. The summed E-state index contributed by atoms with van der Waals surface area (Å²) < 4.78 is 6.95. The lowest BCUT2D eigenvalue weighted by Crippen LogP contribution is -2.48. The molecule has 1 aliphatic heterocycles. The van der Waals surface area contributed by atoms with Crippen LogP contribution in [0.5, 0.6) is 0 Å². The molecule has 10 aromatic rings. The third-order valence-corrected chi connectivity index (χ3v) is 11.7. The van der Waals surface area contributed by atoms with Crippen LogP contribution in [0, 0.1) is 0 Å². The summed E-state index contributed by atoms with van der Waals surface area (Å²) in [7, 11) is 0. The molecule has 0 spiro atoms. The highest BCUT2D eigenvalue weighted by atomic mass is 16.3. The molecule has 0 amide bonds. The smallest absolute Gasteiger partial charge is 0.248 e. The Morgan fingerprint density at radius 1 is 0.333 bits per heavy atom. The van der Waals surface area contributed by atoms with E-state index in [9.17, 15) is 0 Å². The van der Waals surface area contributed by atoms with Gasteiger partial charge >= 0.3 is 0 Å². The van der Waals surface area contributed by atoms with Crippen molar-refractivity contribution >= 4 is 68.2 Å². The Bertz CT molecular complexity index is 2980. The van der Waals surface area contributed by atoms with Gasteiger partial charge in [0.25, 0.3) is 0 Å². The Morgan fingerprint density at radius 3 is 1.18 bits per heavy atom. The molecular weight excluding hydrogens is 727 g/mol. The maximum atomic E-state index is 6.95. The lowest BCUT2D eigenvalue weighted by atomic mass is 9.38. The standard InChI is InChI=1S/C56H39BN2O/c1-6-16-44(17-7-1)57-53-37-31-42(40-26-32-49(33-27-40)58(45-18-8-2-9-19-45)46-20-10-3-11-21-46)38-52(53)56-55(57)51-36-30-43(39-54(51)60-56)41-28-34-50(35-29-41)59(47-22-12-4-13-23-47)48-24-14-5-15-25-48/h1-39H. The van der Waals surface area contributed by atoms with Gasteiger partial charge in [0.05, 0.1) is 0 Å². The van der Waals surface area contributed by atoms with E-state index in [1.807, 2.05) is 0 Å². The molecule has 9 aromatic carbocycles. The van der Waals surface area contributed by atoms with E-state index >= 15 is 0 Å². The summed E-state index contributed by atoms with van der Waals surface area (Å²) >= 11 is 0. The fraction of sp³-hybridized carbons (Fsp3) is 0. The van der Waals surface area contributed by atoms with Crippen LogP contribution < -0.4 is 26.2 Å². The monoisotopic (exact) mass is 766 g/mol. The molecule has 0 unspecified atom stereocenters. The number of anilines is 6. The number of fused-ring (bicyclic) bond motifs is 5. The number of hydrogen-bond acceptors (Lipinski definition) is 3. The number of rotatable bonds is 9. The highest BCUT2D eigenvalue weighted by Gasteiger charge is 2.38. The number of hydrogen-bond donors (Lipinski definition) is 0. The van der Waals surface area contributed by atoms with Crippen molar-refractivity contribution in [2.75, 3.05) is 9.80 Å². The van der Waals surface area contributed by atoms with Crippen LogP contribution in [0.3, 0.4) is 0 Å². The van der Waals surface area contributed by atoms with Gasteiger partial charge in [0.2, 0.25) is 6.71 Å². The van der Waals surface area contributed by atoms with Gasteiger partial charge in [-0.25, -0.2) is 0 Å². The summed E-state index contributed by atoms with van der Waals surface area (Å²) in [5, 5.41) is 1.16. The lowest BCUT2D eigenvalue weighted by molar-refractivity contribution is 0.635. The average molecular weight is 767 g/mol. The van der Waals surface area contributed by atoms with Gasteiger partial charge in [0.1, 0.15) is 11.3 Å². The first-order valence-electron chi connectivity index (χ1n) is 20.5. The van der Waals surface area contributed by atoms with Crippen LogP contribution in [0.25, 0.3) is 44.5 Å². The number of furan rings is 1. The van der Waals surface area contributed by atoms with Gasteiger partial charge in [-0.2, -0.15) is 0 Å². The Balaban J connectivity index is 0.955. The van der Waals surface area contributed by atoms with E-state index < -0.39 is 0 Å². The molecule has 0 saturated carbocycles. The fourth-order valence-electron chi connectivity index (χ4n) is 8.92. The van der Waals surface area contributed by atoms with E-state index in [4.69, 9.17) is 4.42 Å². The molecule has 1 aliphatic rings. The largest absolute Gasteiger partial charge is 0.457 e. The molecule has 60 heavy (non-hydrogen) atoms. The molecule has 0 atom stereocenters. The normalized spacial score (nSPS) is 11.6. The minimum atomic E-state index is 0.0752. The summed E-state index contributed by atoms with van der Waals surface area (Å²) in [6.45, 7) is 0.0752. The number of para-hydroxylation sites is 4. The Kier molecular flexibility index (Phi) is 8.94. The first-order valence-corrected chi connectivity index (χ1v) is 20.5. The van der Waals surface area contributed by atoms with Crippen molar-refractivity contribution in [1.82, 2.24) is 0 Å². The van der Waals surface area contributed by atoms with E-state index in [-0.39, 0.29) is 6.71 Å². The van der Waals surface area contributed by atoms with Crippen molar-refractivity contribution in [2.24, 2.45) is 0 Å². The molecule has 3 nitrogen and oxygen atoms in total. The zero-order chi connectivity index (χ0) is 39.8. The number of nitrogens with zero attached hydrogens (tertiary/aromatic N) is 2. The van der Waals surface area contributed by atoms with Gasteiger partial charge in [0.15, 0.2) is 0 Å². The van der Waals surface area contributed by atoms with Gasteiger partial charge in [0, 0.05) is 45.1 Å². The van der Waals surface area contributed by atoms with E-state index in [0.29, 0.717) is 0 Å². The van der Waals surface area contributed by atoms with Crippen molar-refractivity contribution in [2.45, 2.75) is 0 Å². The second-order valence-electron chi connectivity index (χ2n) is 15.3. The van der Waals surface area contributed by atoms with Crippen LogP contribution in [-0.2, 0) is 0 Å². The third-order valence-electron chi connectivity index (χ3n) is 11.7. The second kappa shape index (κ2) is 15.2. The maximum Gasteiger partial charge on any atom is 0.248 e. The third kappa shape index (κ3) is 6.36. The van der Waals surface area contributed by atoms with Crippen molar-refractivity contribution in [3.63, 3.8) is 0 Å². The quantitative estimate of drug-likeness (QED) is 0.136. The minimum absolute atomic E-state index is 0.0752. The van der Waals surface area contributed by atoms with Gasteiger partial charge in [-0.05, 0) is 113 Å². The summed E-state index contributed by atoms with van der Waals surface area (Å²) in [5.74, 6) is 0.959. The molecule has 0 saturated heterocycles. The first-order chi connectivity index (χ1) is 29.8. The van der Waals surface area contributed by atoms with E-state index in [2.05, 4.69) is 246 Å². The van der Waals surface area contributed by atoms with Gasteiger partial charge < -0.3 is 14.2 Å². The second-order valence-corrected chi connectivity index (χ2v) is 15.3. The van der Waals surface area contributed by atoms with Crippen molar-refractivity contribution in [3.8, 4) is 33.6 Å². The molecule has 0 aliphatic carbocycles. The summed E-state index contributed by atoms with van der Waals surface area (Å²) in [6, 6.07) is 84.3. The van der Waals surface area contributed by atoms with Crippen LogP contribution >= 0.6 is 0 Å². The Labute approximate surface area is 351 Å². The predicted octanol–water partition coefficient (Wildman–Crippen LogP) is 13.2. The van der Waals surface area contributed by atoms with Gasteiger partial charge in [-0.3, -0.25) is 0 Å². The van der Waals surface area contributed by atoms with Crippen LogP contribution in [-0.4, -0.2) is 6.71 Å². The van der Waals surface area contributed by atoms with Crippen LogP contribution in [0.15, 0.2) is 241 Å². The highest BCUT2D eigenvalue weighted by molar-refractivity contribution is 7.00. The van der Waals surface area contributed by atoms with Crippen LogP contribution in [0.2, 0.25) is 0 Å². The van der Waals surface area contributed by atoms with Gasteiger partial charge in [-0.1, -0.05) is 163 Å². The Hall–Kier alpha value is -7.82. The molecule has 282 valence electrons. The number of benzene rings is 9. The zero-order valence-corrected chi connectivity index (χ0v) is 32.9.